The van der Waals surface area contributed by atoms with Crippen LogP contribution in [0.3, 0.4) is 0 Å². The Labute approximate surface area is 120 Å². The Morgan fingerprint density at radius 2 is 2.20 bits per heavy atom. The summed E-state index contributed by atoms with van der Waals surface area (Å²) in [5, 5.41) is 0. The van der Waals surface area contributed by atoms with Crippen LogP contribution in [0.4, 0.5) is 4.39 Å². The number of rotatable bonds is 5. The lowest BCUT2D eigenvalue weighted by molar-refractivity contribution is 0.00847. The van der Waals surface area contributed by atoms with Gasteiger partial charge in [-0.1, -0.05) is 6.07 Å². The Balaban J connectivity index is 2.04. The minimum atomic E-state index is -0.171. The van der Waals surface area contributed by atoms with Gasteiger partial charge in [0, 0.05) is 18.2 Å². The van der Waals surface area contributed by atoms with Gasteiger partial charge in [-0.3, -0.25) is 11.3 Å². The number of halogens is 1. The number of hydrogen-bond acceptors (Lipinski definition) is 3. The molecule has 1 fully saturated rings. The molecule has 1 saturated heterocycles. The van der Waals surface area contributed by atoms with Crippen molar-refractivity contribution in [2.45, 2.75) is 58.1 Å². The number of nitrogens with two attached hydrogens (primary N) is 1. The highest BCUT2D eigenvalue weighted by Gasteiger charge is 2.20. The van der Waals surface area contributed by atoms with Gasteiger partial charge in [0.15, 0.2) is 0 Å². The summed E-state index contributed by atoms with van der Waals surface area (Å²) in [6.07, 6.45) is 5.49. The van der Waals surface area contributed by atoms with Gasteiger partial charge in [0.25, 0.3) is 0 Å². The average molecular weight is 280 g/mol. The van der Waals surface area contributed by atoms with Gasteiger partial charge in [-0.15, -0.1) is 0 Å². The van der Waals surface area contributed by atoms with Gasteiger partial charge in [-0.05, 0) is 63.1 Å². The fourth-order valence-corrected chi connectivity index (χ4v) is 3.07. The third-order valence-electron chi connectivity index (χ3n) is 4.08. The van der Waals surface area contributed by atoms with Gasteiger partial charge in [-0.25, -0.2) is 4.39 Å². The average Bonchev–Trinajstić information content (AvgIpc) is 2.42. The van der Waals surface area contributed by atoms with Crippen molar-refractivity contribution in [3.63, 3.8) is 0 Å². The van der Waals surface area contributed by atoms with Gasteiger partial charge in [0.2, 0.25) is 0 Å². The molecule has 1 aliphatic heterocycles. The van der Waals surface area contributed by atoms with E-state index in [9.17, 15) is 4.39 Å². The Morgan fingerprint density at radius 1 is 1.40 bits per heavy atom. The molecule has 1 aromatic rings. The first-order valence-electron chi connectivity index (χ1n) is 7.46. The first-order valence-corrected chi connectivity index (χ1v) is 7.46. The maximum atomic E-state index is 14.2. The maximum Gasteiger partial charge on any atom is 0.128 e. The fourth-order valence-electron chi connectivity index (χ4n) is 3.07. The molecule has 0 spiro atoms. The molecule has 2 rings (SSSR count). The van der Waals surface area contributed by atoms with Crippen LogP contribution in [0.1, 0.15) is 54.8 Å². The molecule has 4 heteroatoms. The third kappa shape index (κ3) is 3.78. The van der Waals surface area contributed by atoms with Crippen LogP contribution < -0.4 is 11.3 Å². The number of hydrogen-bond donors (Lipinski definition) is 2. The highest BCUT2D eigenvalue weighted by molar-refractivity contribution is 5.34. The summed E-state index contributed by atoms with van der Waals surface area (Å²) in [6.45, 7) is 4.69. The summed E-state index contributed by atoms with van der Waals surface area (Å²) >= 11 is 0. The summed E-state index contributed by atoms with van der Waals surface area (Å²) in [5.74, 6) is 5.47. The molecule has 0 radical (unpaired) electrons. The molecule has 1 aliphatic rings. The van der Waals surface area contributed by atoms with Crippen LogP contribution in [0.15, 0.2) is 12.1 Å². The molecule has 0 bridgehead atoms. The molecule has 1 heterocycles. The van der Waals surface area contributed by atoms with E-state index in [1.165, 1.54) is 6.42 Å². The van der Waals surface area contributed by atoms with Gasteiger partial charge >= 0.3 is 0 Å². The van der Waals surface area contributed by atoms with Crippen molar-refractivity contribution in [3.05, 3.63) is 34.6 Å². The van der Waals surface area contributed by atoms with E-state index >= 15 is 0 Å². The van der Waals surface area contributed by atoms with Gasteiger partial charge < -0.3 is 4.74 Å². The molecule has 3 N–H and O–H groups in total. The summed E-state index contributed by atoms with van der Waals surface area (Å²) in [7, 11) is 0. The van der Waals surface area contributed by atoms with Gasteiger partial charge in [0.05, 0.1) is 6.10 Å². The van der Waals surface area contributed by atoms with E-state index in [0.717, 1.165) is 43.4 Å². The Morgan fingerprint density at radius 3 is 2.80 bits per heavy atom. The van der Waals surface area contributed by atoms with Crippen LogP contribution in [0.5, 0.6) is 0 Å². The van der Waals surface area contributed by atoms with Crippen LogP contribution >= 0.6 is 0 Å². The molecule has 2 unspecified atom stereocenters. The largest absolute Gasteiger partial charge is 0.378 e. The Bertz CT molecular complexity index is 421. The number of ether oxygens (including phenoxy) is 1. The summed E-state index contributed by atoms with van der Waals surface area (Å²) < 4.78 is 19.9. The molecule has 0 amide bonds. The molecular weight excluding hydrogens is 255 g/mol. The molecular formula is C16H25FN2O. The van der Waals surface area contributed by atoms with Crippen LogP contribution in [0.2, 0.25) is 0 Å². The van der Waals surface area contributed by atoms with Crippen LogP contribution in [-0.2, 0) is 4.74 Å². The van der Waals surface area contributed by atoms with E-state index in [0.29, 0.717) is 11.7 Å². The van der Waals surface area contributed by atoms with E-state index in [1.54, 1.807) is 6.07 Å². The number of benzene rings is 1. The summed E-state index contributed by atoms with van der Waals surface area (Å²) in [5.41, 5.74) is 5.35. The predicted octanol–water partition coefficient (Wildman–Crippen LogP) is 3.30. The van der Waals surface area contributed by atoms with Crippen molar-refractivity contribution in [3.8, 4) is 0 Å². The van der Waals surface area contributed by atoms with Crippen molar-refractivity contribution < 1.29 is 9.13 Å². The van der Waals surface area contributed by atoms with E-state index in [-0.39, 0.29) is 11.9 Å². The summed E-state index contributed by atoms with van der Waals surface area (Å²) in [4.78, 5) is 0. The fraction of sp³-hybridized carbons (Fsp3) is 0.625. The molecule has 0 aliphatic carbocycles. The molecule has 3 nitrogen and oxygen atoms in total. The second-order valence-corrected chi connectivity index (χ2v) is 5.76. The Hall–Kier alpha value is -0.970. The maximum absolute atomic E-state index is 14.2. The van der Waals surface area contributed by atoms with Crippen molar-refractivity contribution in [2.75, 3.05) is 6.61 Å². The number of aryl methyl sites for hydroxylation is 2. The third-order valence-corrected chi connectivity index (χ3v) is 4.08. The van der Waals surface area contributed by atoms with E-state index < -0.39 is 0 Å². The lowest BCUT2D eigenvalue weighted by Gasteiger charge is -2.25. The predicted molar refractivity (Wildman–Crippen MR) is 78.8 cm³/mol. The SMILES string of the molecule is Cc1cc(C)c(C(CCC2CCCCO2)NN)c(F)c1. The zero-order valence-electron chi connectivity index (χ0n) is 12.4. The summed E-state index contributed by atoms with van der Waals surface area (Å²) in [6, 6.07) is 3.42. The topological polar surface area (TPSA) is 47.3 Å². The Kier molecular flexibility index (Phi) is 5.52. The highest BCUT2D eigenvalue weighted by atomic mass is 19.1. The van der Waals surface area contributed by atoms with Crippen LogP contribution in [0, 0.1) is 19.7 Å². The van der Waals surface area contributed by atoms with Crippen LogP contribution in [-0.4, -0.2) is 12.7 Å². The standard InChI is InChI=1S/C16H25FN2O/c1-11-9-12(2)16(14(17)10-11)15(19-18)7-6-13-5-3-4-8-20-13/h9-10,13,15,19H,3-8,18H2,1-2H3. The monoisotopic (exact) mass is 280 g/mol. The zero-order chi connectivity index (χ0) is 14.5. The first kappa shape index (κ1) is 15.4. The number of nitrogens with one attached hydrogen (secondary N) is 1. The van der Waals surface area contributed by atoms with E-state index in [4.69, 9.17) is 10.6 Å². The molecule has 2 atom stereocenters. The zero-order valence-corrected chi connectivity index (χ0v) is 12.4. The van der Waals surface area contributed by atoms with Gasteiger partial charge in [-0.2, -0.15) is 0 Å². The quantitative estimate of drug-likeness (QED) is 0.642. The van der Waals surface area contributed by atoms with Crippen molar-refractivity contribution in [1.82, 2.24) is 5.43 Å². The second-order valence-electron chi connectivity index (χ2n) is 5.76. The van der Waals surface area contributed by atoms with E-state index in [1.807, 2.05) is 19.9 Å². The second kappa shape index (κ2) is 7.16. The van der Waals surface area contributed by atoms with Crippen molar-refractivity contribution in [1.29, 1.82) is 0 Å². The van der Waals surface area contributed by atoms with Crippen LogP contribution in [0.25, 0.3) is 0 Å². The molecule has 0 aromatic heterocycles. The molecule has 0 saturated carbocycles. The normalized spacial score (nSPS) is 20.9. The molecule has 20 heavy (non-hydrogen) atoms. The first-order chi connectivity index (χ1) is 9.61. The smallest absolute Gasteiger partial charge is 0.128 e. The highest BCUT2D eigenvalue weighted by Crippen LogP contribution is 2.28. The minimum absolute atomic E-state index is 0.152. The lowest BCUT2D eigenvalue weighted by atomic mass is 9.93. The number of hydrazine groups is 1. The lowest BCUT2D eigenvalue weighted by Crippen LogP contribution is -2.31. The van der Waals surface area contributed by atoms with E-state index in [2.05, 4.69) is 5.43 Å². The minimum Gasteiger partial charge on any atom is -0.378 e. The van der Waals surface area contributed by atoms with Crippen molar-refractivity contribution >= 4 is 0 Å². The van der Waals surface area contributed by atoms with Crippen molar-refractivity contribution in [2.24, 2.45) is 5.84 Å². The molecule has 1 aromatic carbocycles. The molecule has 112 valence electrons. The van der Waals surface area contributed by atoms with Gasteiger partial charge in [0.1, 0.15) is 5.82 Å².